The summed E-state index contributed by atoms with van der Waals surface area (Å²) in [5.41, 5.74) is 1.66. The van der Waals surface area contributed by atoms with E-state index in [0.29, 0.717) is 17.1 Å². The quantitative estimate of drug-likeness (QED) is 0.836. The molecule has 0 aliphatic carbocycles. The molecule has 1 nitrogen and oxygen atoms in total. The maximum absolute atomic E-state index is 13.3. The Morgan fingerprint density at radius 2 is 1.68 bits per heavy atom. The molecule has 0 saturated heterocycles. The molecule has 0 aliphatic heterocycles. The number of hydrogen-bond donors (Lipinski definition) is 1. The summed E-state index contributed by atoms with van der Waals surface area (Å²) in [6, 6.07) is 6.92. The van der Waals surface area contributed by atoms with E-state index < -0.39 is 17.5 Å². The number of halogens is 4. The van der Waals surface area contributed by atoms with Crippen LogP contribution < -0.4 is 5.32 Å². The molecular weight excluding hydrogens is 275 g/mol. The van der Waals surface area contributed by atoms with E-state index in [9.17, 15) is 13.2 Å². The van der Waals surface area contributed by atoms with E-state index in [0.717, 1.165) is 17.7 Å². The van der Waals surface area contributed by atoms with Crippen molar-refractivity contribution in [1.29, 1.82) is 0 Å². The number of benzene rings is 2. The largest absolute Gasteiger partial charge is 0.316 e. The fourth-order valence-corrected chi connectivity index (χ4v) is 2.09. The third-order valence-corrected chi connectivity index (χ3v) is 2.96. The Bertz CT molecular complexity index is 591. The van der Waals surface area contributed by atoms with Crippen LogP contribution in [0, 0.1) is 17.5 Å². The number of rotatable bonds is 3. The van der Waals surface area contributed by atoms with Crippen LogP contribution in [0.3, 0.4) is 0 Å². The fraction of sp³-hybridized carbons (Fsp3) is 0.143. The van der Waals surface area contributed by atoms with E-state index in [2.05, 4.69) is 5.32 Å². The first kappa shape index (κ1) is 13.9. The second-order valence-corrected chi connectivity index (χ2v) is 4.52. The van der Waals surface area contributed by atoms with Gasteiger partial charge < -0.3 is 5.32 Å². The molecule has 0 amide bonds. The molecule has 100 valence electrons. The Labute approximate surface area is 114 Å². The zero-order valence-electron chi connectivity index (χ0n) is 10.1. The maximum Gasteiger partial charge on any atom is 0.194 e. The van der Waals surface area contributed by atoms with Crippen LogP contribution in [-0.4, -0.2) is 7.05 Å². The van der Waals surface area contributed by atoms with Crippen LogP contribution in [-0.2, 0) is 6.54 Å². The summed E-state index contributed by atoms with van der Waals surface area (Å²) < 4.78 is 39.5. The molecule has 2 rings (SSSR count). The summed E-state index contributed by atoms with van der Waals surface area (Å²) in [5, 5.41) is 3.47. The molecule has 2 aromatic rings. The Balaban J connectivity index is 2.58. The van der Waals surface area contributed by atoms with Crippen molar-refractivity contribution in [3.63, 3.8) is 0 Å². The van der Waals surface area contributed by atoms with Crippen LogP contribution in [0.25, 0.3) is 11.1 Å². The lowest BCUT2D eigenvalue weighted by molar-refractivity contribution is 0.447. The van der Waals surface area contributed by atoms with Crippen LogP contribution in [0.15, 0.2) is 30.3 Å². The monoisotopic (exact) mass is 285 g/mol. The first-order valence-corrected chi connectivity index (χ1v) is 5.98. The molecule has 1 N–H and O–H groups in total. The average molecular weight is 286 g/mol. The van der Waals surface area contributed by atoms with Gasteiger partial charge in [-0.05, 0) is 48.0 Å². The topological polar surface area (TPSA) is 12.0 Å². The van der Waals surface area contributed by atoms with E-state index in [1.165, 1.54) is 0 Å². The van der Waals surface area contributed by atoms with Gasteiger partial charge in [0.15, 0.2) is 17.5 Å². The van der Waals surface area contributed by atoms with Gasteiger partial charge in [-0.15, -0.1) is 0 Å². The highest BCUT2D eigenvalue weighted by atomic mass is 35.5. The van der Waals surface area contributed by atoms with Crippen molar-refractivity contribution >= 4 is 11.6 Å². The van der Waals surface area contributed by atoms with E-state index in [1.807, 2.05) is 0 Å². The highest BCUT2D eigenvalue weighted by Crippen LogP contribution is 2.28. The smallest absolute Gasteiger partial charge is 0.194 e. The zero-order chi connectivity index (χ0) is 14.0. The molecule has 5 heteroatoms. The minimum atomic E-state index is -1.46. The molecule has 0 unspecified atom stereocenters. The van der Waals surface area contributed by atoms with Crippen LogP contribution in [0.4, 0.5) is 13.2 Å². The third-order valence-electron chi connectivity index (χ3n) is 2.73. The Morgan fingerprint density at radius 1 is 1.05 bits per heavy atom. The highest BCUT2D eigenvalue weighted by molar-refractivity contribution is 6.30. The van der Waals surface area contributed by atoms with Gasteiger partial charge in [-0.3, -0.25) is 0 Å². The summed E-state index contributed by atoms with van der Waals surface area (Å²) in [4.78, 5) is 0. The molecule has 0 saturated carbocycles. The molecule has 0 spiro atoms. The molecular formula is C14H11ClF3N. The van der Waals surface area contributed by atoms with Gasteiger partial charge in [-0.2, -0.15) is 0 Å². The second-order valence-electron chi connectivity index (χ2n) is 4.09. The molecule has 0 radical (unpaired) electrons. The predicted octanol–water partition coefficient (Wildman–Crippen LogP) is 4.14. The van der Waals surface area contributed by atoms with Crippen molar-refractivity contribution in [3.05, 3.63) is 58.4 Å². The van der Waals surface area contributed by atoms with Crippen LogP contribution in [0.1, 0.15) is 5.56 Å². The van der Waals surface area contributed by atoms with Crippen LogP contribution in [0.5, 0.6) is 0 Å². The lowest BCUT2D eigenvalue weighted by Gasteiger charge is -2.11. The van der Waals surface area contributed by atoms with E-state index in [4.69, 9.17) is 11.6 Å². The summed E-state index contributed by atoms with van der Waals surface area (Å²) in [6.45, 7) is 0.483. The first-order chi connectivity index (χ1) is 9.02. The van der Waals surface area contributed by atoms with Crippen molar-refractivity contribution in [2.75, 3.05) is 7.05 Å². The van der Waals surface area contributed by atoms with Gasteiger partial charge in [0.2, 0.25) is 0 Å². The van der Waals surface area contributed by atoms with Crippen molar-refractivity contribution in [1.82, 2.24) is 5.32 Å². The summed E-state index contributed by atoms with van der Waals surface area (Å²) in [5.74, 6) is -3.88. The maximum atomic E-state index is 13.3. The summed E-state index contributed by atoms with van der Waals surface area (Å²) >= 11 is 5.89. The second kappa shape index (κ2) is 5.63. The van der Waals surface area contributed by atoms with E-state index >= 15 is 0 Å². The van der Waals surface area contributed by atoms with Gasteiger partial charge in [0.1, 0.15) is 0 Å². The summed E-state index contributed by atoms with van der Waals surface area (Å²) in [7, 11) is 1.75. The molecule has 0 bridgehead atoms. The molecule has 2 aromatic carbocycles. The van der Waals surface area contributed by atoms with Gasteiger partial charge in [0, 0.05) is 11.6 Å². The van der Waals surface area contributed by atoms with Gasteiger partial charge in [-0.1, -0.05) is 17.7 Å². The Kier molecular flexibility index (Phi) is 4.12. The first-order valence-electron chi connectivity index (χ1n) is 5.61. The van der Waals surface area contributed by atoms with Crippen molar-refractivity contribution in [2.45, 2.75) is 6.54 Å². The molecule has 0 aliphatic rings. The Hall–Kier alpha value is -1.52. The van der Waals surface area contributed by atoms with E-state index in [-0.39, 0.29) is 5.56 Å². The molecule has 19 heavy (non-hydrogen) atoms. The lowest BCUT2D eigenvalue weighted by Crippen LogP contribution is -2.06. The highest BCUT2D eigenvalue weighted by Gasteiger charge is 2.13. The standard InChI is InChI=1S/C14H11ClF3N/c1-19-7-9-4-10(15)2-3-11(9)8-5-12(16)14(18)13(17)6-8/h2-6,19H,7H2,1H3. The van der Waals surface area contributed by atoms with Crippen molar-refractivity contribution < 1.29 is 13.2 Å². The number of hydrogen-bond acceptors (Lipinski definition) is 1. The molecule has 0 atom stereocenters. The summed E-state index contributed by atoms with van der Waals surface area (Å²) in [6.07, 6.45) is 0. The van der Waals surface area contributed by atoms with Gasteiger partial charge >= 0.3 is 0 Å². The average Bonchev–Trinajstić information content (AvgIpc) is 2.36. The van der Waals surface area contributed by atoms with E-state index in [1.54, 1.807) is 25.2 Å². The molecule has 0 aromatic heterocycles. The molecule has 0 fully saturated rings. The van der Waals surface area contributed by atoms with Crippen molar-refractivity contribution in [3.8, 4) is 11.1 Å². The zero-order valence-corrected chi connectivity index (χ0v) is 10.9. The minimum Gasteiger partial charge on any atom is -0.316 e. The number of nitrogens with one attached hydrogen (secondary N) is 1. The van der Waals surface area contributed by atoms with Crippen LogP contribution in [0.2, 0.25) is 5.02 Å². The Morgan fingerprint density at radius 3 is 2.26 bits per heavy atom. The predicted molar refractivity (Wildman–Crippen MR) is 69.5 cm³/mol. The SMILES string of the molecule is CNCc1cc(Cl)ccc1-c1cc(F)c(F)c(F)c1. The third kappa shape index (κ3) is 2.91. The minimum absolute atomic E-state index is 0.276. The van der Waals surface area contributed by atoms with Crippen molar-refractivity contribution in [2.24, 2.45) is 0 Å². The van der Waals surface area contributed by atoms with Gasteiger partial charge in [0.25, 0.3) is 0 Å². The lowest BCUT2D eigenvalue weighted by atomic mass is 9.99. The molecule has 0 heterocycles. The van der Waals surface area contributed by atoms with Gasteiger partial charge in [-0.25, -0.2) is 13.2 Å². The van der Waals surface area contributed by atoms with Crippen LogP contribution >= 0.6 is 11.6 Å². The normalized spacial score (nSPS) is 10.8. The van der Waals surface area contributed by atoms with Gasteiger partial charge in [0.05, 0.1) is 0 Å². The fourth-order valence-electron chi connectivity index (χ4n) is 1.89.